The van der Waals surface area contributed by atoms with Crippen LogP contribution in [-0.2, 0) is 6.61 Å². The molecule has 2 aromatic rings. The van der Waals surface area contributed by atoms with E-state index in [2.05, 4.69) is 15.9 Å². The maximum absolute atomic E-state index is 11.0. The number of carboxylic acids is 1. The van der Waals surface area contributed by atoms with Crippen molar-refractivity contribution in [1.82, 2.24) is 0 Å². The average Bonchev–Trinajstić information content (AvgIpc) is 2.41. The third-order valence-electron chi connectivity index (χ3n) is 2.59. The van der Waals surface area contributed by atoms with E-state index in [0.717, 1.165) is 5.56 Å². The highest BCUT2D eigenvalue weighted by molar-refractivity contribution is 9.10. The molecule has 104 valence electrons. The van der Waals surface area contributed by atoms with Crippen LogP contribution in [0.5, 0.6) is 5.75 Å². The van der Waals surface area contributed by atoms with Crippen molar-refractivity contribution in [3.05, 3.63) is 62.0 Å². The highest BCUT2D eigenvalue weighted by Crippen LogP contribution is 2.27. The first-order chi connectivity index (χ1) is 9.49. The summed E-state index contributed by atoms with van der Waals surface area (Å²) in [5.41, 5.74) is 0.874. The summed E-state index contributed by atoms with van der Waals surface area (Å²) in [4.78, 5) is 11.0. The lowest BCUT2D eigenvalue weighted by Gasteiger charge is -2.09. The van der Waals surface area contributed by atoms with Crippen LogP contribution in [-0.4, -0.2) is 11.1 Å². The van der Waals surface area contributed by atoms with Crippen LogP contribution < -0.4 is 4.74 Å². The van der Waals surface area contributed by atoms with Crippen LogP contribution >= 0.6 is 39.1 Å². The van der Waals surface area contributed by atoms with E-state index in [-0.39, 0.29) is 12.2 Å². The molecule has 0 atom stereocenters. The molecule has 0 fully saturated rings. The van der Waals surface area contributed by atoms with Gasteiger partial charge in [-0.2, -0.15) is 0 Å². The maximum Gasteiger partial charge on any atom is 0.336 e. The molecule has 0 aromatic heterocycles. The summed E-state index contributed by atoms with van der Waals surface area (Å²) in [6.07, 6.45) is 0. The third kappa shape index (κ3) is 3.45. The number of carboxylic acid groups (broad SMARTS) is 1. The van der Waals surface area contributed by atoms with Gasteiger partial charge in [-0.25, -0.2) is 4.79 Å². The Morgan fingerprint density at radius 2 is 2.00 bits per heavy atom. The molecule has 0 aliphatic carbocycles. The van der Waals surface area contributed by atoms with E-state index in [9.17, 15) is 4.79 Å². The Kier molecular flexibility index (Phi) is 4.91. The Hall–Kier alpha value is -1.23. The SMILES string of the molecule is O=C(O)c1cc(OCc2cccc(Cl)c2Cl)ccc1Br. The van der Waals surface area contributed by atoms with Gasteiger partial charge >= 0.3 is 5.97 Å². The zero-order valence-electron chi connectivity index (χ0n) is 10.1. The number of aromatic carboxylic acids is 1. The molecule has 0 amide bonds. The molecule has 6 heteroatoms. The van der Waals surface area contributed by atoms with E-state index in [0.29, 0.717) is 20.3 Å². The van der Waals surface area contributed by atoms with Gasteiger partial charge in [-0.1, -0.05) is 35.3 Å². The number of halogens is 3. The van der Waals surface area contributed by atoms with E-state index < -0.39 is 5.97 Å². The molecular weight excluding hydrogens is 367 g/mol. The van der Waals surface area contributed by atoms with Crippen molar-refractivity contribution in [3.8, 4) is 5.75 Å². The first-order valence-electron chi connectivity index (χ1n) is 5.57. The molecule has 0 bridgehead atoms. The van der Waals surface area contributed by atoms with Gasteiger partial charge in [-0.15, -0.1) is 0 Å². The summed E-state index contributed by atoms with van der Waals surface area (Å²) in [7, 11) is 0. The van der Waals surface area contributed by atoms with Crippen molar-refractivity contribution >= 4 is 45.1 Å². The lowest BCUT2D eigenvalue weighted by molar-refractivity contribution is 0.0695. The van der Waals surface area contributed by atoms with E-state index in [1.165, 1.54) is 6.07 Å². The van der Waals surface area contributed by atoms with Crippen LogP contribution in [0.25, 0.3) is 0 Å². The standard InChI is InChI=1S/C14H9BrCl2O3/c15-11-5-4-9(6-10(11)14(18)19)20-7-8-2-1-3-12(16)13(8)17/h1-6H,7H2,(H,18,19). The molecule has 0 aliphatic heterocycles. The van der Waals surface area contributed by atoms with Crippen molar-refractivity contribution < 1.29 is 14.6 Å². The molecule has 0 spiro atoms. The lowest BCUT2D eigenvalue weighted by Crippen LogP contribution is -2.01. The smallest absolute Gasteiger partial charge is 0.336 e. The van der Waals surface area contributed by atoms with Gasteiger partial charge in [0, 0.05) is 10.0 Å². The summed E-state index contributed by atoms with van der Waals surface area (Å²) in [6.45, 7) is 0.208. The summed E-state index contributed by atoms with van der Waals surface area (Å²) >= 11 is 15.1. The Balaban J connectivity index is 2.17. The second-order valence-corrected chi connectivity index (χ2v) is 5.59. The zero-order valence-corrected chi connectivity index (χ0v) is 13.2. The van der Waals surface area contributed by atoms with Gasteiger partial charge < -0.3 is 9.84 Å². The molecule has 2 rings (SSSR count). The Labute approximate surface area is 134 Å². The Morgan fingerprint density at radius 1 is 1.25 bits per heavy atom. The number of rotatable bonds is 4. The quantitative estimate of drug-likeness (QED) is 0.814. The first-order valence-corrected chi connectivity index (χ1v) is 7.12. The van der Waals surface area contributed by atoms with Gasteiger partial charge in [0.25, 0.3) is 0 Å². The van der Waals surface area contributed by atoms with Crippen LogP contribution in [0, 0.1) is 0 Å². The summed E-state index contributed by atoms with van der Waals surface area (Å²) in [5.74, 6) is -0.579. The van der Waals surface area contributed by atoms with Crippen molar-refractivity contribution in [2.45, 2.75) is 6.61 Å². The minimum Gasteiger partial charge on any atom is -0.489 e. The molecule has 0 saturated carbocycles. The first kappa shape index (κ1) is 15.2. The molecule has 1 N–H and O–H groups in total. The summed E-state index contributed by atoms with van der Waals surface area (Å²) in [6, 6.07) is 10.0. The second kappa shape index (κ2) is 6.48. The largest absolute Gasteiger partial charge is 0.489 e. The number of benzene rings is 2. The fourth-order valence-electron chi connectivity index (χ4n) is 1.58. The number of hydrogen-bond donors (Lipinski definition) is 1. The van der Waals surface area contributed by atoms with Crippen LogP contribution in [0.4, 0.5) is 0 Å². The molecule has 2 aromatic carbocycles. The Morgan fingerprint density at radius 3 is 2.70 bits per heavy atom. The molecule has 0 heterocycles. The maximum atomic E-state index is 11.0. The van der Waals surface area contributed by atoms with Crippen LogP contribution in [0.1, 0.15) is 15.9 Å². The highest BCUT2D eigenvalue weighted by Gasteiger charge is 2.10. The van der Waals surface area contributed by atoms with E-state index in [1.807, 2.05) is 0 Å². The van der Waals surface area contributed by atoms with E-state index in [1.54, 1.807) is 30.3 Å². The van der Waals surface area contributed by atoms with Crippen LogP contribution in [0.2, 0.25) is 10.0 Å². The predicted molar refractivity (Wildman–Crippen MR) is 81.9 cm³/mol. The van der Waals surface area contributed by atoms with Gasteiger partial charge in [0.05, 0.1) is 15.6 Å². The molecule has 0 aliphatic rings. The summed E-state index contributed by atoms with van der Waals surface area (Å²) < 4.78 is 6.04. The fraction of sp³-hybridized carbons (Fsp3) is 0.0714. The minimum absolute atomic E-state index is 0.139. The van der Waals surface area contributed by atoms with Gasteiger partial charge in [0.2, 0.25) is 0 Å². The second-order valence-electron chi connectivity index (χ2n) is 3.95. The van der Waals surface area contributed by atoms with Gasteiger partial charge in [0.15, 0.2) is 0 Å². The molecule has 20 heavy (non-hydrogen) atoms. The number of ether oxygens (including phenoxy) is 1. The zero-order chi connectivity index (χ0) is 14.7. The highest BCUT2D eigenvalue weighted by atomic mass is 79.9. The van der Waals surface area contributed by atoms with Crippen LogP contribution in [0.3, 0.4) is 0 Å². The number of carbonyl (C=O) groups is 1. The molecule has 3 nitrogen and oxygen atoms in total. The lowest BCUT2D eigenvalue weighted by atomic mass is 10.2. The fourth-order valence-corrected chi connectivity index (χ4v) is 2.37. The van der Waals surface area contributed by atoms with Crippen molar-refractivity contribution in [1.29, 1.82) is 0 Å². The van der Waals surface area contributed by atoms with Crippen molar-refractivity contribution in [3.63, 3.8) is 0 Å². The predicted octanol–water partition coefficient (Wildman–Crippen LogP) is 5.03. The monoisotopic (exact) mass is 374 g/mol. The molecule has 0 saturated heterocycles. The minimum atomic E-state index is -1.02. The van der Waals surface area contributed by atoms with E-state index in [4.69, 9.17) is 33.0 Å². The van der Waals surface area contributed by atoms with Crippen molar-refractivity contribution in [2.24, 2.45) is 0 Å². The average molecular weight is 376 g/mol. The van der Waals surface area contributed by atoms with Crippen molar-refractivity contribution in [2.75, 3.05) is 0 Å². The molecule has 0 unspecified atom stereocenters. The van der Waals surface area contributed by atoms with E-state index >= 15 is 0 Å². The topological polar surface area (TPSA) is 46.5 Å². The normalized spacial score (nSPS) is 10.3. The third-order valence-corrected chi connectivity index (χ3v) is 4.14. The number of hydrogen-bond acceptors (Lipinski definition) is 2. The van der Waals surface area contributed by atoms with Crippen LogP contribution in [0.15, 0.2) is 40.9 Å². The van der Waals surface area contributed by atoms with Gasteiger partial charge in [-0.3, -0.25) is 0 Å². The summed E-state index contributed by atoms with van der Waals surface area (Å²) in [5, 5.41) is 9.92. The van der Waals surface area contributed by atoms with Gasteiger partial charge in [0.1, 0.15) is 12.4 Å². The Bertz CT molecular complexity index is 659. The molecule has 0 radical (unpaired) electrons. The molecular formula is C14H9BrCl2O3. The van der Waals surface area contributed by atoms with Gasteiger partial charge in [-0.05, 0) is 40.2 Å².